The summed E-state index contributed by atoms with van der Waals surface area (Å²) in [4.78, 5) is 53.9. The van der Waals surface area contributed by atoms with Gasteiger partial charge in [-0.15, -0.1) is 11.8 Å². The number of amides is 4. The average Bonchev–Trinajstić information content (AvgIpc) is 3.00. The molecule has 2 saturated heterocycles. The molecule has 0 aromatic carbocycles. The first kappa shape index (κ1) is 25.9. The summed E-state index contributed by atoms with van der Waals surface area (Å²) in [5, 5.41) is -0.384. The largest absolute Gasteiger partial charge is 0.277 e. The van der Waals surface area contributed by atoms with Crippen molar-refractivity contribution < 1.29 is 19.2 Å². The van der Waals surface area contributed by atoms with Gasteiger partial charge in [0.2, 0.25) is 23.6 Å². The number of nitrogens with zero attached hydrogens (tertiary/aromatic N) is 2. The quantitative estimate of drug-likeness (QED) is 0.558. The van der Waals surface area contributed by atoms with Gasteiger partial charge in [-0.25, -0.2) is 0 Å². The number of hydrogen-bond donors (Lipinski definition) is 0. The van der Waals surface area contributed by atoms with E-state index in [4.69, 9.17) is 0 Å². The van der Waals surface area contributed by atoms with E-state index in [2.05, 4.69) is 13.8 Å². The van der Waals surface area contributed by atoms with E-state index in [1.54, 1.807) is 0 Å². The van der Waals surface area contributed by atoms with Crippen molar-refractivity contribution in [3.05, 3.63) is 0 Å². The van der Waals surface area contributed by atoms with Crippen LogP contribution in [0.2, 0.25) is 0 Å². The van der Waals surface area contributed by atoms with Gasteiger partial charge in [-0.05, 0) is 52.9 Å². The molecular weight excluding hydrogens is 412 g/mol. The predicted molar refractivity (Wildman–Crippen MR) is 124 cm³/mol. The summed E-state index contributed by atoms with van der Waals surface area (Å²) in [7, 11) is 0. The highest BCUT2D eigenvalue weighted by atomic mass is 32.2. The summed E-state index contributed by atoms with van der Waals surface area (Å²) >= 11 is 1.53. The lowest BCUT2D eigenvalue weighted by molar-refractivity contribution is -0.147. The first-order chi connectivity index (χ1) is 13.8. The zero-order chi connectivity index (χ0) is 24.2. The first-order valence-electron chi connectivity index (χ1n) is 11.2. The van der Waals surface area contributed by atoms with Gasteiger partial charge in [-0.2, -0.15) is 0 Å². The van der Waals surface area contributed by atoms with Crippen molar-refractivity contribution >= 4 is 35.4 Å². The van der Waals surface area contributed by atoms with Gasteiger partial charge in [-0.1, -0.05) is 34.6 Å². The molecule has 4 amide bonds. The lowest BCUT2D eigenvalue weighted by Gasteiger charge is -2.38. The Morgan fingerprint density at radius 3 is 1.68 bits per heavy atom. The molecule has 2 atom stereocenters. The maximum absolute atomic E-state index is 13.0. The van der Waals surface area contributed by atoms with E-state index in [9.17, 15) is 19.2 Å². The molecule has 6 nitrogen and oxygen atoms in total. The molecule has 0 bridgehead atoms. The number of rotatable bonds is 6. The number of thioether (sulfide) groups is 1. The van der Waals surface area contributed by atoms with Crippen LogP contribution in [0.1, 0.15) is 94.9 Å². The fraction of sp³-hybridized carbons (Fsp3) is 0.833. The Labute approximate surface area is 191 Å². The Morgan fingerprint density at radius 2 is 1.26 bits per heavy atom. The third-order valence-corrected chi connectivity index (χ3v) is 7.87. The Bertz CT molecular complexity index is 773. The van der Waals surface area contributed by atoms with Crippen molar-refractivity contribution in [1.29, 1.82) is 0 Å². The van der Waals surface area contributed by atoms with Gasteiger partial charge >= 0.3 is 0 Å². The number of carbonyl (C=O) groups is 4. The molecule has 0 aromatic rings. The predicted octanol–water partition coefficient (Wildman–Crippen LogP) is 4.40. The van der Waals surface area contributed by atoms with Gasteiger partial charge in [0.1, 0.15) is 0 Å². The minimum Gasteiger partial charge on any atom is -0.277 e. The molecule has 7 heteroatoms. The van der Waals surface area contributed by atoms with E-state index >= 15 is 0 Å². The summed E-state index contributed by atoms with van der Waals surface area (Å²) in [6, 6.07) is 0. The minimum absolute atomic E-state index is 0.0784. The number of imide groups is 2. The Balaban J connectivity index is 2.06. The Kier molecular flexibility index (Phi) is 6.85. The Morgan fingerprint density at radius 1 is 0.742 bits per heavy atom. The molecule has 31 heavy (non-hydrogen) atoms. The third kappa shape index (κ3) is 5.52. The molecule has 0 aliphatic carbocycles. The minimum atomic E-state index is -0.598. The zero-order valence-corrected chi connectivity index (χ0v) is 21.7. The summed E-state index contributed by atoms with van der Waals surface area (Å²) in [5.41, 5.74) is -1.37. The van der Waals surface area contributed by atoms with Gasteiger partial charge in [0.05, 0.1) is 11.2 Å². The van der Waals surface area contributed by atoms with Crippen molar-refractivity contribution in [2.24, 2.45) is 11.3 Å². The second-order valence-electron chi connectivity index (χ2n) is 12.3. The highest BCUT2D eigenvalue weighted by Gasteiger charge is 2.50. The molecule has 2 unspecified atom stereocenters. The molecule has 2 rings (SSSR count). The van der Waals surface area contributed by atoms with E-state index in [0.717, 1.165) is 6.42 Å². The van der Waals surface area contributed by atoms with Gasteiger partial charge in [0.25, 0.3) is 0 Å². The molecule has 2 aliphatic heterocycles. The molecule has 0 saturated carbocycles. The van der Waals surface area contributed by atoms with Crippen LogP contribution < -0.4 is 0 Å². The highest BCUT2D eigenvalue weighted by Crippen LogP contribution is 2.43. The van der Waals surface area contributed by atoms with Gasteiger partial charge in [-0.3, -0.25) is 29.0 Å². The molecular formula is C24H40N2O4S. The molecule has 0 aromatic heterocycles. The first-order valence-corrected chi connectivity index (χ1v) is 12.1. The van der Waals surface area contributed by atoms with Crippen molar-refractivity contribution in [1.82, 2.24) is 9.80 Å². The smallest absolute Gasteiger partial charge is 0.243 e. The molecule has 0 spiro atoms. The van der Waals surface area contributed by atoms with E-state index < -0.39 is 11.1 Å². The Hall–Kier alpha value is -1.37. The molecule has 176 valence electrons. The number of carbonyl (C=O) groups excluding carboxylic acids is 4. The second-order valence-corrected chi connectivity index (χ2v) is 14.2. The fourth-order valence-electron chi connectivity index (χ4n) is 4.51. The van der Waals surface area contributed by atoms with Crippen molar-refractivity contribution in [2.75, 3.05) is 0 Å². The molecule has 2 aliphatic rings. The highest BCUT2D eigenvalue weighted by molar-refractivity contribution is 8.02. The molecule has 0 radical (unpaired) electrons. The molecule has 2 fully saturated rings. The van der Waals surface area contributed by atoms with Crippen LogP contribution in [0.4, 0.5) is 0 Å². The van der Waals surface area contributed by atoms with Gasteiger partial charge < -0.3 is 0 Å². The van der Waals surface area contributed by atoms with Gasteiger partial charge in [0, 0.05) is 28.7 Å². The molecule has 0 N–H and O–H groups in total. The van der Waals surface area contributed by atoms with Crippen LogP contribution in [-0.2, 0) is 19.2 Å². The normalized spacial score (nSPS) is 24.1. The second kappa shape index (κ2) is 8.20. The zero-order valence-electron chi connectivity index (χ0n) is 20.9. The van der Waals surface area contributed by atoms with Crippen molar-refractivity contribution in [3.63, 3.8) is 0 Å². The van der Waals surface area contributed by atoms with Crippen LogP contribution in [0.5, 0.6) is 0 Å². The third-order valence-electron chi connectivity index (χ3n) is 6.37. The summed E-state index contributed by atoms with van der Waals surface area (Å²) < 4.78 is -0.277. The van der Waals surface area contributed by atoms with Crippen molar-refractivity contribution in [3.8, 4) is 0 Å². The van der Waals surface area contributed by atoms with Crippen LogP contribution in [0.3, 0.4) is 0 Å². The fourth-order valence-corrected chi connectivity index (χ4v) is 5.93. The van der Waals surface area contributed by atoms with E-state index in [1.807, 2.05) is 55.4 Å². The lowest BCUT2D eigenvalue weighted by Crippen LogP contribution is -2.49. The SMILES string of the molecule is CC(C)(CCC(C)(C)N1C(=O)CC(C(C)(C)C)C1=O)SC1CC(=O)N(C(C)(C)C)C1=O. The van der Waals surface area contributed by atoms with Crippen LogP contribution in [0.25, 0.3) is 0 Å². The van der Waals surface area contributed by atoms with Crippen LogP contribution >= 0.6 is 11.8 Å². The van der Waals surface area contributed by atoms with E-state index in [-0.39, 0.29) is 57.8 Å². The lowest BCUT2D eigenvalue weighted by atomic mass is 9.79. The van der Waals surface area contributed by atoms with Crippen LogP contribution in [0, 0.1) is 11.3 Å². The maximum Gasteiger partial charge on any atom is 0.243 e. The molecule has 2 heterocycles. The topological polar surface area (TPSA) is 74.8 Å². The summed E-state index contributed by atoms with van der Waals surface area (Å²) in [6.45, 7) is 19.6. The standard InChI is InChI=1S/C24H40N2O4S/c1-21(2,3)15-13-17(27)26(19(15)29)23(7,8)11-12-24(9,10)31-16-14-18(28)25(20(16)30)22(4,5)6/h15-16H,11-14H2,1-10H3. The van der Waals surface area contributed by atoms with Crippen molar-refractivity contribution in [2.45, 2.75) is 116 Å². The van der Waals surface area contributed by atoms with Crippen LogP contribution in [0.15, 0.2) is 0 Å². The van der Waals surface area contributed by atoms with E-state index in [1.165, 1.54) is 21.6 Å². The monoisotopic (exact) mass is 452 g/mol. The number of likely N-dealkylation sites (tertiary alicyclic amines) is 2. The van der Waals surface area contributed by atoms with Gasteiger partial charge in [0.15, 0.2) is 0 Å². The maximum atomic E-state index is 13.0. The van der Waals surface area contributed by atoms with Crippen LogP contribution in [-0.4, -0.2) is 54.5 Å². The number of hydrogen-bond acceptors (Lipinski definition) is 5. The summed E-state index contributed by atoms with van der Waals surface area (Å²) in [6.07, 6.45) is 1.85. The summed E-state index contributed by atoms with van der Waals surface area (Å²) in [5.74, 6) is -0.698. The average molecular weight is 453 g/mol. The van der Waals surface area contributed by atoms with E-state index in [0.29, 0.717) is 6.42 Å².